The molecule has 0 aliphatic carbocycles. The molecule has 4 N–H and O–H groups in total. The highest BCUT2D eigenvalue weighted by Gasteiger charge is 1.98. The van der Waals surface area contributed by atoms with Crippen molar-refractivity contribution >= 4 is 11.9 Å². The molecule has 76 valence electrons. The normalized spacial score (nSPS) is 8.07. The van der Waals surface area contributed by atoms with Crippen LogP contribution in [0.1, 0.15) is 0 Å². The molecule has 0 radical (unpaired) electrons. The van der Waals surface area contributed by atoms with Crippen molar-refractivity contribution < 1.29 is 14.7 Å². The lowest BCUT2D eigenvalue weighted by Gasteiger charge is -1.92. The highest BCUT2D eigenvalue weighted by Crippen LogP contribution is 1.61. The van der Waals surface area contributed by atoms with Crippen molar-refractivity contribution in [2.24, 2.45) is 5.73 Å². The summed E-state index contributed by atoms with van der Waals surface area (Å²) in [6.07, 6.45) is 3.15. The van der Waals surface area contributed by atoms with Gasteiger partial charge in [0.25, 0.3) is 5.91 Å². The number of nitrogens with one attached hydrogen (secondary N) is 1. The smallest absolute Gasteiger partial charge is 0.318 e. The van der Waals surface area contributed by atoms with Gasteiger partial charge in [-0.15, -0.1) is 10.2 Å². The number of aliphatic hydroxyl groups excluding tert-OH is 1. The molecule has 14 heavy (non-hydrogen) atoms. The van der Waals surface area contributed by atoms with Gasteiger partial charge in [0.1, 0.15) is 6.61 Å². The average molecular weight is 199 g/mol. The van der Waals surface area contributed by atoms with Gasteiger partial charge in [-0.05, 0) is 11.3 Å². The Balaban J connectivity index is 0.000000249. The van der Waals surface area contributed by atoms with E-state index in [4.69, 9.17) is 5.11 Å². The zero-order chi connectivity index (χ0) is 10.8. The number of carbonyl (C=O) groups excluding carboxylic acids is 2. The second kappa shape index (κ2) is 7.55. The van der Waals surface area contributed by atoms with Crippen LogP contribution in [0.2, 0.25) is 0 Å². The van der Waals surface area contributed by atoms with Crippen LogP contribution >= 0.6 is 0 Å². The standard InChI is InChI=1S/C3H3N3.C3H6N2O3/c1-2-4-6-5-3-1;4-3(8)5-2(7)1-6/h1-3H;6H,1H2,(H3,4,5,7,8). The summed E-state index contributed by atoms with van der Waals surface area (Å²) in [4.78, 5) is 19.7. The molecule has 1 heterocycles. The number of nitrogens with two attached hydrogens (primary N) is 1. The molecule has 0 aliphatic rings. The summed E-state index contributed by atoms with van der Waals surface area (Å²) >= 11 is 0. The number of urea groups is 1. The van der Waals surface area contributed by atoms with Gasteiger partial charge >= 0.3 is 6.03 Å². The van der Waals surface area contributed by atoms with Gasteiger partial charge in [0.15, 0.2) is 0 Å². The van der Waals surface area contributed by atoms with Gasteiger partial charge in [0.2, 0.25) is 0 Å². The molecule has 3 amide bonds. The molecule has 0 saturated heterocycles. The van der Waals surface area contributed by atoms with E-state index in [1.54, 1.807) is 23.8 Å². The molecule has 0 unspecified atom stereocenters. The van der Waals surface area contributed by atoms with E-state index in [-0.39, 0.29) is 0 Å². The predicted molar refractivity (Wildman–Crippen MR) is 44.6 cm³/mol. The Morgan fingerprint density at radius 3 is 2.07 bits per heavy atom. The highest BCUT2D eigenvalue weighted by molar-refractivity contribution is 5.93. The van der Waals surface area contributed by atoms with E-state index in [0.29, 0.717) is 0 Å². The Hall–Kier alpha value is -2.09. The number of rotatable bonds is 1. The fraction of sp³-hybridized carbons (Fsp3) is 0.167. The molecule has 1 rings (SSSR count). The van der Waals surface area contributed by atoms with Crippen LogP contribution in [-0.2, 0) is 4.79 Å². The van der Waals surface area contributed by atoms with Crippen LogP contribution < -0.4 is 11.1 Å². The van der Waals surface area contributed by atoms with Crippen LogP contribution in [0.25, 0.3) is 0 Å². The monoisotopic (exact) mass is 199 g/mol. The van der Waals surface area contributed by atoms with Crippen molar-refractivity contribution in [1.29, 1.82) is 0 Å². The number of hydrogen-bond donors (Lipinski definition) is 3. The van der Waals surface area contributed by atoms with Crippen molar-refractivity contribution in [1.82, 2.24) is 20.7 Å². The van der Waals surface area contributed by atoms with Crippen molar-refractivity contribution in [3.63, 3.8) is 0 Å². The van der Waals surface area contributed by atoms with Crippen LogP contribution in [0.3, 0.4) is 0 Å². The molecule has 0 aliphatic heterocycles. The van der Waals surface area contributed by atoms with Crippen molar-refractivity contribution in [3.8, 4) is 0 Å². The Kier molecular flexibility index (Phi) is 6.43. The minimum absolute atomic E-state index is 0.719. The van der Waals surface area contributed by atoms with Gasteiger partial charge in [-0.3, -0.25) is 10.1 Å². The summed E-state index contributed by atoms with van der Waals surface area (Å²) in [7, 11) is 0. The van der Waals surface area contributed by atoms with Crippen LogP contribution in [0.15, 0.2) is 18.5 Å². The summed E-state index contributed by atoms with van der Waals surface area (Å²) < 4.78 is 0. The van der Waals surface area contributed by atoms with Crippen molar-refractivity contribution in [3.05, 3.63) is 18.5 Å². The zero-order valence-corrected chi connectivity index (χ0v) is 7.12. The van der Waals surface area contributed by atoms with Gasteiger partial charge < -0.3 is 10.8 Å². The van der Waals surface area contributed by atoms with E-state index in [9.17, 15) is 9.59 Å². The third-order valence-corrected chi connectivity index (χ3v) is 0.815. The number of carbonyl (C=O) groups is 2. The minimum atomic E-state index is -0.955. The lowest BCUT2D eigenvalue weighted by molar-refractivity contribution is -0.122. The molecule has 1 aromatic heterocycles. The molecule has 1 aromatic rings. The number of aliphatic hydroxyl groups is 1. The number of primary amides is 1. The molecular weight excluding hydrogens is 190 g/mol. The lowest BCUT2D eigenvalue weighted by Crippen LogP contribution is -2.36. The fourth-order valence-corrected chi connectivity index (χ4v) is 0.382. The van der Waals surface area contributed by atoms with Gasteiger partial charge in [0, 0.05) is 0 Å². The van der Waals surface area contributed by atoms with E-state index < -0.39 is 18.5 Å². The number of hydrogen-bond acceptors (Lipinski definition) is 6. The topological polar surface area (TPSA) is 131 Å². The first kappa shape index (κ1) is 11.9. The highest BCUT2D eigenvalue weighted by atomic mass is 16.3. The number of nitrogens with zero attached hydrogens (tertiary/aromatic N) is 3. The Labute approximate surface area is 79.1 Å². The number of amides is 3. The third kappa shape index (κ3) is 8.01. The predicted octanol–water partition coefficient (Wildman–Crippen LogP) is -1.95. The molecule has 8 heteroatoms. The molecule has 0 saturated carbocycles. The quantitative estimate of drug-likeness (QED) is 0.481. The Morgan fingerprint density at radius 1 is 1.36 bits per heavy atom. The second-order valence-electron chi connectivity index (χ2n) is 1.88. The van der Waals surface area contributed by atoms with Crippen LogP contribution in [0, 0.1) is 0 Å². The van der Waals surface area contributed by atoms with Crippen molar-refractivity contribution in [2.45, 2.75) is 0 Å². The Bertz CT molecular complexity index is 251. The maximum Gasteiger partial charge on any atom is 0.318 e. The van der Waals surface area contributed by atoms with E-state index in [2.05, 4.69) is 21.1 Å². The number of imide groups is 1. The first-order valence-electron chi connectivity index (χ1n) is 3.45. The minimum Gasteiger partial charge on any atom is -0.387 e. The Morgan fingerprint density at radius 2 is 1.93 bits per heavy atom. The van der Waals surface area contributed by atoms with Crippen LogP contribution in [-0.4, -0.2) is 39.1 Å². The SMILES string of the molecule is NC(=O)NC(=O)CO.c1cnnnc1. The molecule has 0 fully saturated rings. The first-order valence-corrected chi connectivity index (χ1v) is 3.45. The third-order valence-electron chi connectivity index (χ3n) is 0.815. The molecule has 0 atom stereocenters. The second-order valence-corrected chi connectivity index (χ2v) is 1.88. The summed E-state index contributed by atoms with van der Waals surface area (Å²) in [6.45, 7) is -0.719. The summed E-state index contributed by atoms with van der Waals surface area (Å²) in [6, 6.07) is 0.761. The van der Waals surface area contributed by atoms with E-state index in [0.717, 1.165) is 0 Å². The van der Waals surface area contributed by atoms with Gasteiger partial charge in [-0.2, -0.15) is 0 Å². The largest absolute Gasteiger partial charge is 0.387 e. The van der Waals surface area contributed by atoms with Gasteiger partial charge in [0.05, 0.1) is 12.4 Å². The summed E-state index contributed by atoms with van der Waals surface area (Å²) in [5.74, 6) is -0.794. The molecule has 0 bridgehead atoms. The van der Waals surface area contributed by atoms with E-state index in [1.807, 2.05) is 0 Å². The van der Waals surface area contributed by atoms with Gasteiger partial charge in [-0.25, -0.2) is 4.79 Å². The van der Waals surface area contributed by atoms with Gasteiger partial charge in [-0.1, -0.05) is 0 Å². The lowest BCUT2D eigenvalue weighted by atomic mass is 10.6. The average Bonchev–Trinajstić information content (AvgIpc) is 2.20. The van der Waals surface area contributed by atoms with E-state index >= 15 is 0 Å². The maximum atomic E-state index is 9.96. The summed E-state index contributed by atoms with van der Waals surface area (Å²) in [5, 5.41) is 19.7. The zero-order valence-electron chi connectivity index (χ0n) is 7.12. The summed E-state index contributed by atoms with van der Waals surface area (Å²) in [5.41, 5.74) is 4.49. The fourth-order valence-electron chi connectivity index (χ4n) is 0.382. The molecular formula is C6H9N5O3. The first-order chi connectivity index (χ1) is 6.66. The number of aromatic nitrogens is 3. The van der Waals surface area contributed by atoms with E-state index in [1.165, 1.54) is 0 Å². The van der Waals surface area contributed by atoms with Crippen LogP contribution in [0.5, 0.6) is 0 Å². The molecule has 0 aromatic carbocycles. The molecule has 8 nitrogen and oxygen atoms in total. The molecule has 0 spiro atoms. The van der Waals surface area contributed by atoms with Crippen molar-refractivity contribution in [2.75, 3.05) is 6.61 Å². The maximum absolute atomic E-state index is 9.96. The van der Waals surface area contributed by atoms with Crippen LogP contribution in [0.4, 0.5) is 4.79 Å².